The number of rotatable bonds is 5. The third kappa shape index (κ3) is 4.97. The lowest BCUT2D eigenvalue weighted by atomic mass is 9.64. The van der Waals surface area contributed by atoms with Gasteiger partial charge >= 0.3 is 0 Å². The number of benzene rings is 7. The number of dihydropyridines is 1. The van der Waals surface area contributed by atoms with E-state index in [1.54, 1.807) is 0 Å². The molecular weight excluding hydrogens is 669 g/mol. The van der Waals surface area contributed by atoms with E-state index in [1.807, 2.05) is 23.5 Å². The molecule has 3 aliphatic rings. The zero-order valence-corrected chi connectivity index (χ0v) is 30.0. The molecule has 10 rings (SSSR count). The minimum Gasteiger partial charge on any atom is -0.381 e. The third-order valence-corrected chi connectivity index (χ3v) is 12.8. The summed E-state index contributed by atoms with van der Waals surface area (Å²) in [7, 11) is 0. The monoisotopic (exact) mass is 702 g/mol. The quantitative estimate of drug-likeness (QED) is 0.186. The first-order chi connectivity index (χ1) is 25.8. The molecule has 0 aromatic heterocycles. The van der Waals surface area contributed by atoms with E-state index in [1.165, 1.54) is 69.7 Å². The van der Waals surface area contributed by atoms with E-state index >= 15 is 0 Å². The van der Waals surface area contributed by atoms with Crippen LogP contribution in [0.4, 0.5) is 11.4 Å². The molecule has 52 heavy (non-hydrogen) atoms. The van der Waals surface area contributed by atoms with Gasteiger partial charge in [-0.2, -0.15) is 0 Å². The number of hydrogen-bond donors (Lipinski definition) is 2. The van der Waals surface area contributed by atoms with Crippen molar-refractivity contribution in [1.29, 1.82) is 0 Å². The molecule has 0 unspecified atom stereocenters. The van der Waals surface area contributed by atoms with Gasteiger partial charge < -0.3 is 10.6 Å². The number of allylic oxidation sites excluding steroid dienone is 2. The summed E-state index contributed by atoms with van der Waals surface area (Å²) in [6, 6.07) is 60.2. The Labute approximate surface area is 313 Å². The first kappa shape index (κ1) is 31.1. The molecule has 0 radical (unpaired) electrons. The predicted molar refractivity (Wildman–Crippen MR) is 219 cm³/mol. The van der Waals surface area contributed by atoms with Crippen LogP contribution in [0.2, 0.25) is 0 Å². The van der Waals surface area contributed by atoms with Crippen LogP contribution in [0, 0.1) is 0 Å². The summed E-state index contributed by atoms with van der Waals surface area (Å²) in [6.45, 7) is 0.834. The summed E-state index contributed by atoms with van der Waals surface area (Å²) < 4.78 is 0. The van der Waals surface area contributed by atoms with E-state index in [-0.39, 0.29) is 0 Å². The molecule has 2 nitrogen and oxygen atoms in total. The van der Waals surface area contributed by atoms with Gasteiger partial charge in [0, 0.05) is 48.8 Å². The van der Waals surface area contributed by atoms with Crippen LogP contribution in [-0.2, 0) is 5.41 Å². The average molecular weight is 703 g/mol. The maximum absolute atomic E-state index is 3.78. The maximum Gasteiger partial charge on any atom is 0.0745 e. The molecular formula is C48H34N2S2. The van der Waals surface area contributed by atoms with E-state index < -0.39 is 5.41 Å². The summed E-state index contributed by atoms with van der Waals surface area (Å²) in [5.74, 6) is 0. The van der Waals surface area contributed by atoms with E-state index in [4.69, 9.17) is 0 Å². The molecule has 3 heterocycles. The highest BCUT2D eigenvalue weighted by molar-refractivity contribution is 8.00. The molecule has 2 N–H and O–H groups in total. The lowest BCUT2D eigenvalue weighted by Gasteiger charge is -2.46. The molecule has 7 aromatic carbocycles. The predicted octanol–water partition coefficient (Wildman–Crippen LogP) is 12.6. The maximum atomic E-state index is 3.78. The van der Waals surface area contributed by atoms with Crippen molar-refractivity contribution >= 4 is 40.6 Å². The summed E-state index contributed by atoms with van der Waals surface area (Å²) >= 11 is 3.80. The molecule has 0 saturated carbocycles. The molecule has 0 bridgehead atoms. The Bertz CT molecular complexity index is 2510. The summed E-state index contributed by atoms with van der Waals surface area (Å²) in [5, 5.41) is 7.38. The van der Waals surface area contributed by atoms with Crippen LogP contribution in [0.5, 0.6) is 0 Å². The summed E-state index contributed by atoms with van der Waals surface area (Å²) in [5.41, 5.74) is 14.2. The van der Waals surface area contributed by atoms with Gasteiger partial charge in [0.2, 0.25) is 0 Å². The topological polar surface area (TPSA) is 24.1 Å². The molecule has 1 spiro atoms. The summed E-state index contributed by atoms with van der Waals surface area (Å²) in [4.78, 5) is 5.19. The van der Waals surface area contributed by atoms with Gasteiger partial charge in [0.1, 0.15) is 0 Å². The molecule has 0 aliphatic carbocycles. The lowest BCUT2D eigenvalue weighted by Crippen LogP contribution is -2.37. The largest absolute Gasteiger partial charge is 0.381 e. The highest BCUT2D eigenvalue weighted by atomic mass is 32.2. The van der Waals surface area contributed by atoms with Gasteiger partial charge in [-0.15, -0.1) is 0 Å². The first-order valence-corrected chi connectivity index (χ1v) is 19.4. The first-order valence-electron chi connectivity index (χ1n) is 17.7. The molecule has 248 valence electrons. The molecule has 0 saturated heterocycles. The smallest absolute Gasteiger partial charge is 0.0745 e. The number of para-hydroxylation sites is 1. The van der Waals surface area contributed by atoms with Crippen molar-refractivity contribution in [3.8, 4) is 22.3 Å². The zero-order valence-electron chi connectivity index (χ0n) is 28.3. The SMILES string of the molecule is C1=CCNC(c2ccc3c(c2)Sc2c(-c4cccc(Nc5ccccc5)c4-c4ccccc4)cccc2C32c3ccccc3Sc3ccccc32)=C1. The van der Waals surface area contributed by atoms with Crippen LogP contribution in [-0.4, -0.2) is 6.54 Å². The van der Waals surface area contributed by atoms with Gasteiger partial charge in [0.05, 0.1) is 5.41 Å². The fraction of sp³-hybridized carbons (Fsp3) is 0.0417. The Morgan fingerprint density at radius 1 is 0.519 bits per heavy atom. The zero-order chi connectivity index (χ0) is 34.5. The van der Waals surface area contributed by atoms with Gasteiger partial charge in [0.15, 0.2) is 0 Å². The second kappa shape index (κ2) is 12.8. The van der Waals surface area contributed by atoms with E-state index in [2.05, 4.69) is 193 Å². The Morgan fingerprint density at radius 3 is 1.92 bits per heavy atom. The lowest BCUT2D eigenvalue weighted by molar-refractivity contribution is 0.667. The Hall–Kier alpha value is -5.68. The van der Waals surface area contributed by atoms with E-state index in [0.29, 0.717) is 0 Å². The third-order valence-electron chi connectivity index (χ3n) is 10.4. The fourth-order valence-corrected chi connectivity index (χ4v) is 10.7. The van der Waals surface area contributed by atoms with Crippen LogP contribution in [0.3, 0.4) is 0 Å². The summed E-state index contributed by atoms with van der Waals surface area (Å²) in [6.07, 6.45) is 6.50. The average Bonchev–Trinajstić information content (AvgIpc) is 3.21. The second-order valence-electron chi connectivity index (χ2n) is 13.3. The second-order valence-corrected chi connectivity index (χ2v) is 15.5. The molecule has 0 atom stereocenters. The van der Waals surface area contributed by atoms with Crippen LogP contribution < -0.4 is 10.6 Å². The van der Waals surface area contributed by atoms with Crippen molar-refractivity contribution in [2.45, 2.75) is 25.0 Å². The van der Waals surface area contributed by atoms with Crippen LogP contribution in [0.1, 0.15) is 27.8 Å². The van der Waals surface area contributed by atoms with Crippen LogP contribution in [0.25, 0.3) is 28.0 Å². The van der Waals surface area contributed by atoms with Crippen molar-refractivity contribution in [3.63, 3.8) is 0 Å². The van der Waals surface area contributed by atoms with Crippen molar-refractivity contribution in [2.75, 3.05) is 11.9 Å². The Kier molecular flexibility index (Phi) is 7.67. The highest BCUT2D eigenvalue weighted by Crippen LogP contribution is 2.63. The van der Waals surface area contributed by atoms with E-state index in [9.17, 15) is 0 Å². The minimum absolute atomic E-state index is 0.496. The van der Waals surface area contributed by atoms with Gasteiger partial charge in [-0.1, -0.05) is 163 Å². The van der Waals surface area contributed by atoms with Crippen LogP contribution in [0.15, 0.2) is 202 Å². The number of nitrogens with one attached hydrogen (secondary N) is 2. The van der Waals surface area contributed by atoms with Gasteiger partial charge in [-0.3, -0.25) is 0 Å². The van der Waals surface area contributed by atoms with Crippen molar-refractivity contribution in [3.05, 3.63) is 210 Å². The minimum atomic E-state index is -0.496. The van der Waals surface area contributed by atoms with Crippen molar-refractivity contribution in [1.82, 2.24) is 5.32 Å². The molecule has 0 fully saturated rings. The fourth-order valence-electron chi connectivity index (χ4n) is 8.20. The van der Waals surface area contributed by atoms with Gasteiger partial charge in [-0.25, -0.2) is 0 Å². The standard InChI is InChI=1S/C48H34N2S2/c1-3-15-32(16-4-1)46-35(19-14-25-42(46)50-34-17-5-2-6-18-34)36-20-13-23-40-47(36)52-45-31-33(41-24-11-12-30-49-41)28-29-39(45)48(40)37-21-7-9-26-43(37)51-44-27-10-8-22-38(44)48/h1-29,31,49-50H,30H2. The van der Waals surface area contributed by atoms with E-state index in [0.717, 1.165) is 23.6 Å². The Balaban J connectivity index is 1.28. The number of fused-ring (bicyclic) bond motifs is 8. The molecule has 7 aromatic rings. The molecule has 4 heteroatoms. The van der Waals surface area contributed by atoms with Crippen LogP contribution >= 0.6 is 23.5 Å². The highest BCUT2D eigenvalue weighted by Gasteiger charge is 2.49. The number of anilines is 2. The normalized spacial score (nSPS) is 14.7. The molecule has 0 amide bonds. The van der Waals surface area contributed by atoms with Crippen molar-refractivity contribution < 1.29 is 0 Å². The van der Waals surface area contributed by atoms with Gasteiger partial charge in [0.25, 0.3) is 0 Å². The number of hydrogen-bond acceptors (Lipinski definition) is 4. The Morgan fingerprint density at radius 2 is 1.17 bits per heavy atom. The molecule has 3 aliphatic heterocycles. The van der Waals surface area contributed by atoms with Gasteiger partial charge in [-0.05, 0) is 87.0 Å². The van der Waals surface area contributed by atoms with Crippen molar-refractivity contribution in [2.24, 2.45) is 0 Å².